The number of hydrogen-bond acceptors (Lipinski definition) is 3. The van der Waals surface area contributed by atoms with Crippen LogP contribution in [0.1, 0.15) is 24.8 Å². The summed E-state index contributed by atoms with van der Waals surface area (Å²) in [7, 11) is 0. The van der Waals surface area contributed by atoms with Gasteiger partial charge in [0.1, 0.15) is 0 Å². The van der Waals surface area contributed by atoms with E-state index < -0.39 is 0 Å². The van der Waals surface area contributed by atoms with Gasteiger partial charge in [-0.25, -0.2) is 0 Å². The quantitative estimate of drug-likeness (QED) is 0.704. The first-order chi connectivity index (χ1) is 9.42. The molecule has 3 rings (SSSR count). The minimum absolute atomic E-state index is 0.546. The summed E-state index contributed by atoms with van der Waals surface area (Å²) in [5, 5.41) is 7.09. The number of rotatable bonds is 8. The highest BCUT2D eigenvalue weighted by molar-refractivity contribution is 5.56. The number of para-hydroxylation sites is 1. The van der Waals surface area contributed by atoms with Gasteiger partial charge in [0.05, 0.1) is 0 Å². The minimum atomic E-state index is 0.546. The van der Waals surface area contributed by atoms with Crippen LogP contribution in [-0.2, 0) is 11.2 Å². The summed E-state index contributed by atoms with van der Waals surface area (Å²) in [4.78, 5) is 0. The van der Waals surface area contributed by atoms with Gasteiger partial charge < -0.3 is 15.4 Å². The first kappa shape index (κ1) is 12.9. The molecule has 0 amide bonds. The van der Waals surface area contributed by atoms with Crippen LogP contribution in [0.15, 0.2) is 24.3 Å². The van der Waals surface area contributed by atoms with Crippen LogP contribution in [0.5, 0.6) is 0 Å². The topological polar surface area (TPSA) is 33.3 Å². The standard InChI is InChI=1S/C16H24N2O/c1-2-5-16-14(4-1)10-15(18-16)11-17-8-3-9-19-12-13-6-7-13/h1-2,4-5,13,15,17-18H,3,6-12H2. The van der Waals surface area contributed by atoms with Gasteiger partial charge in [-0.2, -0.15) is 0 Å². The van der Waals surface area contributed by atoms with Gasteiger partial charge in [0.2, 0.25) is 0 Å². The average molecular weight is 260 g/mol. The second-order valence-corrected chi connectivity index (χ2v) is 5.78. The lowest BCUT2D eigenvalue weighted by Gasteiger charge is -2.12. The molecule has 3 heteroatoms. The van der Waals surface area contributed by atoms with Crippen LogP contribution >= 0.6 is 0 Å². The highest BCUT2D eigenvalue weighted by Crippen LogP contribution is 2.28. The molecule has 2 N–H and O–H groups in total. The lowest BCUT2D eigenvalue weighted by atomic mass is 10.1. The van der Waals surface area contributed by atoms with E-state index in [0.29, 0.717) is 6.04 Å². The van der Waals surface area contributed by atoms with Crippen molar-refractivity contribution in [3.05, 3.63) is 29.8 Å². The maximum Gasteiger partial charge on any atom is 0.0494 e. The molecule has 1 unspecified atom stereocenters. The summed E-state index contributed by atoms with van der Waals surface area (Å²) < 4.78 is 5.62. The first-order valence-corrected chi connectivity index (χ1v) is 7.55. The molecule has 3 nitrogen and oxygen atoms in total. The van der Waals surface area contributed by atoms with E-state index in [1.54, 1.807) is 0 Å². The Kier molecular flexibility index (Phi) is 4.36. The SMILES string of the molecule is c1ccc2c(c1)CC(CNCCCOCC1CC1)N2. The molecular weight excluding hydrogens is 236 g/mol. The highest BCUT2D eigenvalue weighted by atomic mass is 16.5. The third kappa shape index (κ3) is 3.95. The number of ether oxygens (including phenoxy) is 1. The Morgan fingerprint density at radius 1 is 1.26 bits per heavy atom. The molecule has 104 valence electrons. The Balaban J connectivity index is 1.23. The lowest BCUT2D eigenvalue weighted by molar-refractivity contribution is 0.122. The van der Waals surface area contributed by atoms with Gasteiger partial charge in [-0.05, 0) is 49.8 Å². The van der Waals surface area contributed by atoms with E-state index in [9.17, 15) is 0 Å². The zero-order valence-electron chi connectivity index (χ0n) is 11.5. The molecule has 0 spiro atoms. The molecule has 1 aromatic carbocycles. The summed E-state index contributed by atoms with van der Waals surface area (Å²) in [5.41, 5.74) is 2.75. The number of anilines is 1. The molecule has 1 aromatic rings. The third-order valence-electron chi connectivity index (χ3n) is 3.93. The Bertz CT molecular complexity index is 378. The number of nitrogens with one attached hydrogen (secondary N) is 2. The van der Waals surface area contributed by atoms with Gasteiger partial charge in [-0.1, -0.05) is 18.2 Å². The van der Waals surface area contributed by atoms with E-state index >= 15 is 0 Å². The molecule has 0 aromatic heterocycles. The van der Waals surface area contributed by atoms with Crippen molar-refractivity contribution in [3.63, 3.8) is 0 Å². The molecule has 0 saturated heterocycles. The van der Waals surface area contributed by atoms with Crippen LogP contribution < -0.4 is 10.6 Å². The van der Waals surface area contributed by atoms with Gasteiger partial charge in [-0.15, -0.1) is 0 Å². The van der Waals surface area contributed by atoms with Crippen LogP contribution in [-0.4, -0.2) is 32.3 Å². The molecule has 1 aliphatic carbocycles. The Hall–Kier alpha value is -1.06. The average Bonchev–Trinajstić information content (AvgIpc) is 3.15. The van der Waals surface area contributed by atoms with Crippen LogP contribution in [0.2, 0.25) is 0 Å². The fourth-order valence-corrected chi connectivity index (χ4v) is 2.61. The minimum Gasteiger partial charge on any atom is -0.381 e. The molecular formula is C16H24N2O. The maximum atomic E-state index is 5.62. The van der Waals surface area contributed by atoms with Crippen molar-refractivity contribution in [1.29, 1.82) is 0 Å². The molecule has 0 bridgehead atoms. The van der Waals surface area contributed by atoms with Crippen LogP contribution in [0.4, 0.5) is 5.69 Å². The normalized spacial score (nSPS) is 21.2. The van der Waals surface area contributed by atoms with Crippen molar-refractivity contribution in [3.8, 4) is 0 Å². The Morgan fingerprint density at radius 3 is 3.00 bits per heavy atom. The fourth-order valence-electron chi connectivity index (χ4n) is 2.61. The highest BCUT2D eigenvalue weighted by Gasteiger charge is 2.21. The lowest BCUT2D eigenvalue weighted by Crippen LogP contribution is -2.32. The predicted octanol–water partition coefficient (Wildman–Crippen LogP) is 2.43. The Labute approximate surface area is 115 Å². The fraction of sp³-hybridized carbons (Fsp3) is 0.625. The molecule has 19 heavy (non-hydrogen) atoms. The monoisotopic (exact) mass is 260 g/mol. The van der Waals surface area contributed by atoms with Gasteiger partial charge in [0.25, 0.3) is 0 Å². The van der Waals surface area contributed by atoms with Crippen molar-refractivity contribution < 1.29 is 4.74 Å². The van der Waals surface area contributed by atoms with Crippen LogP contribution in [0, 0.1) is 5.92 Å². The van der Waals surface area contributed by atoms with Crippen molar-refractivity contribution in [2.75, 3.05) is 31.6 Å². The summed E-state index contributed by atoms with van der Waals surface area (Å²) in [6.45, 7) is 3.98. The molecule has 1 saturated carbocycles. The summed E-state index contributed by atoms with van der Waals surface area (Å²) in [5.74, 6) is 0.883. The van der Waals surface area contributed by atoms with Gasteiger partial charge in [-0.3, -0.25) is 0 Å². The summed E-state index contributed by atoms with van der Waals surface area (Å²) >= 11 is 0. The van der Waals surface area contributed by atoms with E-state index in [1.165, 1.54) is 24.1 Å². The number of fused-ring (bicyclic) bond motifs is 1. The van der Waals surface area contributed by atoms with Crippen molar-refractivity contribution in [2.45, 2.75) is 31.7 Å². The van der Waals surface area contributed by atoms with E-state index in [2.05, 4.69) is 34.9 Å². The molecule has 1 atom stereocenters. The van der Waals surface area contributed by atoms with Crippen LogP contribution in [0.25, 0.3) is 0 Å². The summed E-state index contributed by atoms with van der Waals surface area (Å²) in [6, 6.07) is 9.14. The second kappa shape index (κ2) is 6.40. The molecule has 1 heterocycles. The largest absolute Gasteiger partial charge is 0.381 e. The molecule has 2 aliphatic rings. The molecule has 1 fully saturated rings. The van der Waals surface area contributed by atoms with E-state index in [1.807, 2.05) is 0 Å². The van der Waals surface area contributed by atoms with Gasteiger partial charge >= 0.3 is 0 Å². The van der Waals surface area contributed by atoms with Crippen LogP contribution in [0.3, 0.4) is 0 Å². The van der Waals surface area contributed by atoms with Crippen molar-refractivity contribution in [1.82, 2.24) is 5.32 Å². The van der Waals surface area contributed by atoms with E-state index in [4.69, 9.17) is 4.74 Å². The predicted molar refractivity (Wildman–Crippen MR) is 78.6 cm³/mol. The van der Waals surface area contributed by atoms with Crippen molar-refractivity contribution >= 4 is 5.69 Å². The molecule has 0 radical (unpaired) electrons. The van der Waals surface area contributed by atoms with Gasteiger partial charge in [0.15, 0.2) is 0 Å². The zero-order chi connectivity index (χ0) is 12.9. The first-order valence-electron chi connectivity index (χ1n) is 7.55. The zero-order valence-corrected chi connectivity index (χ0v) is 11.5. The van der Waals surface area contributed by atoms with Gasteiger partial charge in [0, 0.05) is 31.5 Å². The number of hydrogen-bond donors (Lipinski definition) is 2. The maximum absolute atomic E-state index is 5.62. The summed E-state index contributed by atoms with van der Waals surface area (Å²) in [6.07, 6.45) is 5.02. The Morgan fingerprint density at radius 2 is 2.16 bits per heavy atom. The van der Waals surface area contributed by atoms with E-state index in [0.717, 1.165) is 45.1 Å². The van der Waals surface area contributed by atoms with Crippen molar-refractivity contribution in [2.24, 2.45) is 5.92 Å². The third-order valence-corrected chi connectivity index (χ3v) is 3.93. The number of benzene rings is 1. The smallest absolute Gasteiger partial charge is 0.0494 e. The molecule has 1 aliphatic heterocycles. The second-order valence-electron chi connectivity index (χ2n) is 5.78. The van der Waals surface area contributed by atoms with E-state index in [-0.39, 0.29) is 0 Å².